The average Bonchev–Trinajstić information content (AvgIpc) is 2.35. The molecule has 2 rings (SSSR count). The van der Waals surface area contributed by atoms with E-state index in [4.69, 9.17) is 0 Å². The van der Waals surface area contributed by atoms with Crippen LogP contribution in [0.4, 0.5) is 0 Å². The molecule has 1 heterocycles. The van der Waals surface area contributed by atoms with Gasteiger partial charge in [0.15, 0.2) is 0 Å². The molecule has 0 saturated carbocycles. The monoisotopic (exact) mass is 151 g/mol. The second kappa shape index (κ2) is 2.38. The summed E-state index contributed by atoms with van der Waals surface area (Å²) in [5, 5.41) is 9.56. The minimum atomic E-state index is -0.208. The van der Waals surface area contributed by atoms with Crippen molar-refractivity contribution in [2.45, 2.75) is 25.4 Å². The molecule has 1 N–H and O–H groups in total. The predicted octanol–water partition coefficient (Wildman–Crippen LogP) is 1.39. The first-order valence-electron chi connectivity index (χ1n) is 4.11. The van der Waals surface area contributed by atoms with E-state index in [9.17, 15) is 5.11 Å². The maximum Gasteiger partial charge on any atom is 0.0807 e. The van der Waals surface area contributed by atoms with Crippen LogP contribution in [0.1, 0.15) is 30.2 Å². The first-order chi connectivity index (χ1) is 5.29. The number of fused-ring (bicyclic) bond motifs is 1. The highest BCUT2D eigenvalue weighted by Crippen LogP contribution is 2.29. The van der Waals surface area contributed by atoms with Crippen LogP contribution in [-0.2, 0) is 13.5 Å². The zero-order chi connectivity index (χ0) is 7.84. The van der Waals surface area contributed by atoms with Gasteiger partial charge in [0.05, 0.1) is 6.10 Å². The summed E-state index contributed by atoms with van der Waals surface area (Å²) >= 11 is 0. The molecule has 0 bridgehead atoms. The number of aromatic nitrogens is 1. The fourth-order valence-electron chi connectivity index (χ4n) is 1.82. The number of nitrogens with zero attached hydrogens (tertiary/aromatic N) is 1. The van der Waals surface area contributed by atoms with E-state index in [0.29, 0.717) is 0 Å². The molecule has 0 saturated heterocycles. The molecule has 1 aromatic heterocycles. The Morgan fingerprint density at radius 2 is 2.45 bits per heavy atom. The minimum absolute atomic E-state index is 0.208. The molecule has 1 atom stereocenters. The minimum Gasteiger partial charge on any atom is -0.388 e. The van der Waals surface area contributed by atoms with Crippen LogP contribution in [0.25, 0.3) is 0 Å². The second-order valence-electron chi connectivity index (χ2n) is 3.24. The van der Waals surface area contributed by atoms with Crippen molar-refractivity contribution < 1.29 is 5.11 Å². The van der Waals surface area contributed by atoms with Gasteiger partial charge in [0.1, 0.15) is 0 Å². The average molecular weight is 151 g/mol. The van der Waals surface area contributed by atoms with E-state index < -0.39 is 0 Å². The van der Waals surface area contributed by atoms with Crippen LogP contribution in [0.15, 0.2) is 12.3 Å². The highest BCUT2D eigenvalue weighted by Gasteiger charge is 2.19. The predicted molar refractivity (Wildman–Crippen MR) is 43.3 cm³/mol. The van der Waals surface area contributed by atoms with Gasteiger partial charge in [0, 0.05) is 24.5 Å². The van der Waals surface area contributed by atoms with E-state index in [1.54, 1.807) is 0 Å². The van der Waals surface area contributed by atoms with Crippen LogP contribution in [0.3, 0.4) is 0 Å². The maximum atomic E-state index is 9.56. The van der Waals surface area contributed by atoms with E-state index in [-0.39, 0.29) is 6.10 Å². The van der Waals surface area contributed by atoms with Crippen LogP contribution in [-0.4, -0.2) is 9.67 Å². The molecule has 0 fully saturated rings. The van der Waals surface area contributed by atoms with Gasteiger partial charge in [-0.15, -0.1) is 0 Å². The summed E-state index contributed by atoms with van der Waals surface area (Å²) in [6.45, 7) is 0. The number of hydrogen-bond donors (Lipinski definition) is 1. The van der Waals surface area contributed by atoms with Gasteiger partial charge in [0.25, 0.3) is 0 Å². The molecule has 2 heteroatoms. The summed E-state index contributed by atoms with van der Waals surface area (Å²) in [5.41, 5.74) is 2.45. The number of hydrogen-bond acceptors (Lipinski definition) is 1. The fourth-order valence-corrected chi connectivity index (χ4v) is 1.82. The Morgan fingerprint density at radius 1 is 1.64 bits per heavy atom. The number of aliphatic hydroxyl groups excluding tert-OH is 1. The molecule has 1 aromatic rings. The second-order valence-corrected chi connectivity index (χ2v) is 3.24. The van der Waals surface area contributed by atoms with Gasteiger partial charge in [-0.05, 0) is 25.3 Å². The van der Waals surface area contributed by atoms with Crippen molar-refractivity contribution in [2.75, 3.05) is 0 Å². The summed E-state index contributed by atoms with van der Waals surface area (Å²) in [5.74, 6) is 0. The summed E-state index contributed by atoms with van der Waals surface area (Å²) in [4.78, 5) is 0. The molecule has 11 heavy (non-hydrogen) atoms. The first-order valence-corrected chi connectivity index (χ1v) is 4.11. The molecule has 1 aliphatic carbocycles. The highest BCUT2D eigenvalue weighted by molar-refractivity contribution is 5.26. The Bertz CT molecular complexity index is 265. The van der Waals surface area contributed by atoms with Gasteiger partial charge >= 0.3 is 0 Å². The van der Waals surface area contributed by atoms with Crippen LogP contribution >= 0.6 is 0 Å². The molecule has 1 aliphatic rings. The van der Waals surface area contributed by atoms with E-state index in [0.717, 1.165) is 24.8 Å². The summed E-state index contributed by atoms with van der Waals surface area (Å²) in [7, 11) is 2.04. The third-order valence-corrected chi connectivity index (χ3v) is 2.49. The number of aryl methyl sites for hydroxylation is 1. The smallest absolute Gasteiger partial charge is 0.0807 e. The molecular weight excluding hydrogens is 138 g/mol. The first kappa shape index (κ1) is 6.92. The van der Waals surface area contributed by atoms with Crippen molar-refractivity contribution in [2.24, 2.45) is 7.05 Å². The van der Waals surface area contributed by atoms with Gasteiger partial charge in [0.2, 0.25) is 0 Å². The van der Waals surface area contributed by atoms with Crippen LogP contribution in [0.5, 0.6) is 0 Å². The summed E-state index contributed by atoms with van der Waals surface area (Å²) in [6, 6.07) is 2.03. The third-order valence-electron chi connectivity index (χ3n) is 2.49. The van der Waals surface area contributed by atoms with Crippen molar-refractivity contribution in [3.63, 3.8) is 0 Å². The number of rotatable bonds is 0. The topological polar surface area (TPSA) is 25.2 Å². The van der Waals surface area contributed by atoms with Gasteiger partial charge in [-0.1, -0.05) is 0 Å². The van der Waals surface area contributed by atoms with E-state index in [1.807, 2.05) is 19.3 Å². The Hall–Kier alpha value is -0.760. The molecule has 0 aromatic carbocycles. The van der Waals surface area contributed by atoms with Gasteiger partial charge in [-0.25, -0.2) is 0 Å². The van der Waals surface area contributed by atoms with Crippen LogP contribution in [0, 0.1) is 0 Å². The standard InChI is InChI=1S/C9H13NO/c1-10-6-5-7-8(10)3-2-4-9(7)11/h5-6,9,11H,2-4H2,1H3/t9-/m0/s1. The Balaban J connectivity index is 2.46. The molecule has 0 aliphatic heterocycles. The molecule has 0 unspecified atom stereocenters. The highest BCUT2D eigenvalue weighted by atomic mass is 16.3. The largest absolute Gasteiger partial charge is 0.388 e. The Kier molecular flexibility index (Phi) is 1.50. The van der Waals surface area contributed by atoms with E-state index >= 15 is 0 Å². The molecule has 0 amide bonds. The SMILES string of the molecule is Cn1ccc2c1CCC[C@@H]2O. The molecule has 0 radical (unpaired) electrons. The third kappa shape index (κ3) is 0.979. The zero-order valence-electron chi connectivity index (χ0n) is 6.75. The van der Waals surface area contributed by atoms with Crippen molar-refractivity contribution >= 4 is 0 Å². The molecule has 60 valence electrons. The van der Waals surface area contributed by atoms with Crippen molar-refractivity contribution in [1.29, 1.82) is 0 Å². The van der Waals surface area contributed by atoms with Crippen LogP contribution < -0.4 is 0 Å². The Labute approximate surface area is 66.5 Å². The lowest BCUT2D eigenvalue weighted by molar-refractivity contribution is 0.156. The van der Waals surface area contributed by atoms with E-state index in [1.165, 1.54) is 5.69 Å². The number of aliphatic hydroxyl groups is 1. The lowest BCUT2D eigenvalue weighted by Crippen LogP contribution is -2.09. The summed E-state index contributed by atoms with van der Waals surface area (Å²) < 4.78 is 2.11. The molecule has 2 nitrogen and oxygen atoms in total. The molecular formula is C9H13NO. The van der Waals surface area contributed by atoms with E-state index in [2.05, 4.69) is 4.57 Å². The van der Waals surface area contributed by atoms with Crippen molar-refractivity contribution in [3.05, 3.63) is 23.5 Å². The van der Waals surface area contributed by atoms with Gasteiger partial charge in [-0.2, -0.15) is 0 Å². The maximum absolute atomic E-state index is 9.56. The summed E-state index contributed by atoms with van der Waals surface area (Å²) in [6.07, 6.45) is 4.98. The van der Waals surface area contributed by atoms with Crippen molar-refractivity contribution in [1.82, 2.24) is 4.57 Å². The molecule has 0 spiro atoms. The fraction of sp³-hybridized carbons (Fsp3) is 0.556. The quantitative estimate of drug-likeness (QED) is 0.595. The Morgan fingerprint density at radius 3 is 3.18 bits per heavy atom. The lowest BCUT2D eigenvalue weighted by atomic mass is 9.95. The zero-order valence-corrected chi connectivity index (χ0v) is 6.75. The van der Waals surface area contributed by atoms with Gasteiger partial charge < -0.3 is 9.67 Å². The van der Waals surface area contributed by atoms with Gasteiger partial charge in [-0.3, -0.25) is 0 Å². The normalized spacial score (nSPS) is 23.3. The van der Waals surface area contributed by atoms with Crippen LogP contribution in [0.2, 0.25) is 0 Å². The lowest BCUT2D eigenvalue weighted by Gasteiger charge is -2.18. The van der Waals surface area contributed by atoms with Crippen molar-refractivity contribution in [3.8, 4) is 0 Å².